The molecule has 0 saturated heterocycles. The molecule has 0 unspecified atom stereocenters. The van der Waals surface area contributed by atoms with E-state index in [1.165, 1.54) is 16.3 Å². The summed E-state index contributed by atoms with van der Waals surface area (Å²) in [7, 11) is 12.1. The summed E-state index contributed by atoms with van der Waals surface area (Å²) in [5.41, 5.74) is 8.28. The van der Waals surface area contributed by atoms with E-state index in [0.29, 0.717) is 34.4 Å². The van der Waals surface area contributed by atoms with Crippen LogP contribution in [-0.2, 0) is 35.2 Å². The number of benzene rings is 5. The van der Waals surface area contributed by atoms with Gasteiger partial charge in [-0.25, -0.2) is 23.4 Å². The van der Waals surface area contributed by atoms with Crippen LogP contribution in [0.25, 0.3) is 56.9 Å². The lowest BCUT2D eigenvalue weighted by atomic mass is 10.1. The molecule has 27 nitrogen and oxygen atoms in total. The maximum absolute atomic E-state index is 10.8. The fraction of sp³-hybridized carbons (Fsp3) is 0.255. The van der Waals surface area contributed by atoms with E-state index in [2.05, 4.69) is 84.6 Å². The molecule has 75 heavy (non-hydrogen) atoms. The van der Waals surface area contributed by atoms with E-state index in [4.69, 9.17) is 30.5 Å². The summed E-state index contributed by atoms with van der Waals surface area (Å²) in [5, 5.41) is 67.6. The highest BCUT2D eigenvalue weighted by molar-refractivity contribution is 6.31. The van der Waals surface area contributed by atoms with E-state index in [1.807, 2.05) is 93.7 Å². The van der Waals surface area contributed by atoms with Crippen molar-refractivity contribution in [1.29, 1.82) is 0 Å². The van der Waals surface area contributed by atoms with Crippen molar-refractivity contribution in [3.63, 3.8) is 0 Å². The molecule has 0 atom stereocenters. The van der Waals surface area contributed by atoms with E-state index in [1.54, 1.807) is 80.2 Å². The van der Waals surface area contributed by atoms with Gasteiger partial charge in [0.15, 0.2) is 40.6 Å². The van der Waals surface area contributed by atoms with Crippen LogP contribution in [0.3, 0.4) is 0 Å². The quantitative estimate of drug-likeness (QED) is 0.126. The minimum Gasteiger partial charge on any atom is -0.496 e. The first-order chi connectivity index (χ1) is 36.1. The Morgan fingerprint density at radius 3 is 1.31 bits per heavy atom. The zero-order chi connectivity index (χ0) is 53.8. The molecule has 5 aromatic carbocycles. The molecule has 1 aliphatic rings. The van der Waals surface area contributed by atoms with Crippen molar-refractivity contribution in [3.8, 4) is 79.9 Å². The zero-order valence-electron chi connectivity index (χ0n) is 42.6. The minimum atomic E-state index is -0.414. The van der Waals surface area contributed by atoms with Crippen molar-refractivity contribution in [2.45, 2.75) is 27.7 Å². The van der Waals surface area contributed by atoms with Crippen molar-refractivity contribution in [2.24, 2.45) is 35.2 Å². The van der Waals surface area contributed by atoms with E-state index < -0.39 is 4.92 Å². The molecular formula is C47H50ClN21O6. The number of ether oxygens (including phenoxy) is 4. The molecular weight excluding hydrogens is 990 g/mol. The molecule has 0 fully saturated rings. The normalized spacial score (nSPS) is 10.9. The van der Waals surface area contributed by atoms with Crippen molar-refractivity contribution in [1.82, 2.24) is 101 Å². The van der Waals surface area contributed by atoms with Gasteiger partial charge in [0.05, 0.1) is 19.1 Å². The van der Waals surface area contributed by atoms with Gasteiger partial charge in [0.1, 0.15) is 11.5 Å². The zero-order valence-corrected chi connectivity index (χ0v) is 43.3. The van der Waals surface area contributed by atoms with Crippen molar-refractivity contribution in [3.05, 3.63) is 128 Å². The molecule has 0 radical (unpaired) electrons. The van der Waals surface area contributed by atoms with Crippen molar-refractivity contribution in [2.75, 3.05) is 21.0 Å². The summed E-state index contributed by atoms with van der Waals surface area (Å²) >= 11 is 6.01. The number of rotatable bonds is 8. The van der Waals surface area contributed by atoms with E-state index >= 15 is 0 Å². The van der Waals surface area contributed by atoms with E-state index in [9.17, 15) is 10.1 Å². The fourth-order valence-electron chi connectivity index (χ4n) is 7.00. The molecule has 10 aromatic rings. The number of halogens is 1. The van der Waals surface area contributed by atoms with E-state index in [0.717, 1.165) is 67.2 Å². The summed E-state index contributed by atoms with van der Waals surface area (Å²) in [4.78, 5) is 10.4. The highest BCUT2D eigenvalue weighted by Crippen LogP contribution is 2.36. The van der Waals surface area contributed by atoms with Gasteiger partial charge in [-0.3, -0.25) is 10.1 Å². The number of nitrogens with zero attached hydrogens (tertiary/aromatic N) is 21. The van der Waals surface area contributed by atoms with Crippen molar-refractivity contribution >= 4 is 17.3 Å². The van der Waals surface area contributed by atoms with Crippen LogP contribution in [-0.4, -0.2) is 127 Å². The maximum atomic E-state index is 10.8. The van der Waals surface area contributed by atoms with Crippen LogP contribution >= 0.6 is 11.6 Å². The number of aryl methyl sites for hydroxylation is 8. The van der Waals surface area contributed by atoms with Gasteiger partial charge in [-0.1, -0.05) is 65.7 Å². The van der Waals surface area contributed by atoms with Gasteiger partial charge in [0, 0.05) is 85.3 Å². The first-order valence-corrected chi connectivity index (χ1v) is 22.8. The lowest BCUT2D eigenvalue weighted by molar-refractivity contribution is -0.385. The SMILES string of the molecule is COc1cc(-c2nnnn2C)cc(OC)c1C.Cc1ccc(-c2nnnn2C)cc1.Cc1ccc(-c2nnnn2C)cc1Cl.Cc1ccc(-c2nnnn2C)cc1[N+](=O)[O-].Cn1nnnc1-c1ccc2c(c1)OCO2. The Balaban J connectivity index is 0.000000137. The number of nitro groups is 1. The second-order valence-electron chi connectivity index (χ2n) is 16.3. The molecule has 386 valence electrons. The molecule has 0 aliphatic carbocycles. The number of hydrogen-bond donors (Lipinski definition) is 0. The number of nitro benzene ring substituents is 1. The third-order valence-corrected chi connectivity index (χ3v) is 11.6. The first-order valence-electron chi connectivity index (χ1n) is 22.4. The highest BCUT2D eigenvalue weighted by Gasteiger charge is 2.18. The lowest BCUT2D eigenvalue weighted by Crippen LogP contribution is -1.98. The fourth-order valence-corrected chi connectivity index (χ4v) is 7.18. The summed E-state index contributed by atoms with van der Waals surface area (Å²) in [6, 6.07) is 28.2. The summed E-state index contributed by atoms with van der Waals surface area (Å²) < 4.78 is 29.1. The maximum Gasteiger partial charge on any atom is 0.273 e. The second-order valence-corrected chi connectivity index (χ2v) is 16.7. The molecule has 11 rings (SSSR count). The molecule has 6 heterocycles. The molecule has 1 aliphatic heterocycles. The van der Waals surface area contributed by atoms with Crippen LogP contribution in [0.4, 0.5) is 5.69 Å². The predicted molar refractivity (Wildman–Crippen MR) is 271 cm³/mol. The summed E-state index contributed by atoms with van der Waals surface area (Å²) in [6.45, 7) is 7.92. The van der Waals surface area contributed by atoms with Crippen LogP contribution in [0.5, 0.6) is 23.0 Å². The topological polar surface area (TPSA) is 298 Å². The van der Waals surface area contributed by atoms with Crippen molar-refractivity contribution < 1.29 is 23.9 Å². The molecule has 0 saturated carbocycles. The number of methoxy groups -OCH3 is 2. The molecule has 0 N–H and O–H groups in total. The summed E-state index contributed by atoms with van der Waals surface area (Å²) in [6.07, 6.45) is 0. The van der Waals surface area contributed by atoms with Gasteiger partial charge in [-0.05, 0) is 122 Å². The largest absolute Gasteiger partial charge is 0.496 e. The molecule has 28 heteroatoms. The third-order valence-electron chi connectivity index (χ3n) is 11.1. The standard InChI is InChI=1S/C11H14N4O2.C9H9ClN4.C9H9N5O2.C9H8N4O2.C9H10N4/c1-7-9(16-3)5-8(6-10(7)17-4)11-12-13-14-15(11)2;1-6-3-4-7(5-8(6)10)9-11-12-13-14(9)2;1-6-3-4-7(5-8(6)14(15)16)9-10-11-12-13(9)2;1-13-9(10-11-12-13)6-2-3-7-8(4-6)15-5-14-7;1-7-3-5-8(6-4-7)9-10-11-12-13(9)2/h5-6H,1-4H3;3-5H,1-2H3;3-5H,1-2H3;2-4H,5H2,1H3;3-6H,1-2H3. The average Bonchev–Trinajstić information content (AvgIpc) is 4.30. The van der Waals surface area contributed by atoms with Gasteiger partial charge in [0.25, 0.3) is 5.69 Å². The molecule has 0 bridgehead atoms. The van der Waals surface area contributed by atoms with Crippen LogP contribution in [0.1, 0.15) is 22.3 Å². The highest BCUT2D eigenvalue weighted by atomic mass is 35.5. The number of tetrazole rings is 5. The number of hydrogen-bond acceptors (Lipinski definition) is 21. The van der Waals surface area contributed by atoms with Crippen LogP contribution < -0.4 is 18.9 Å². The first kappa shape index (κ1) is 53.1. The number of fused-ring (bicyclic) bond motifs is 1. The smallest absolute Gasteiger partial charge is 0.273 e. The molecule has 0 amide bonds. The Kier molecular flexibility index (Phi) is 17.1. The number of aromatic nitrogens is 20. The summed E-state index contributed by atoms with van der Waals surface area (Å²) in [5.74, 6) is 6.37. The van der Waals surface area contributed by atoms with Crippen LogP contribution in [0.15, 0.2) is 91.0 Å². The predicted octanol–water partition coefficient (Wildman–Crippen LogP) is 5.93. The van der Waals surface area contributed by atoms with Gasteiger partial charge >= 0.3 is 0 Å². The Morgan fingerprint density at radius 1 is 0.493 bits per heavy atom. The Labute approximate surface area is 433 Å². The Morgan fingerprint density at radius 2 is 0.880 bits per heavy atom. The monoisotopic (exact) mass is 1040 g/mol. The van der Waals surface area contributed by atoms with Gasteiger partial charge in [-0.2, -0.15) is 0 Å². The molecule has 0 spiro atoms. The van der Waals surface area contributed by atoms with Crippen LogP contribution in [0.2, 0.25) is 5.02 Å². The van der Waals surface area contributed by atoms with Gasteiger partial charge < -0.3 is 18.9 Å². The third kappa shape index (κ3) is 12.9. The Hall–Kier alpha value is -9.66. The Bertz CT molecular complexity index is 3510. The van der Waals surface area contributed by atoms with Crippen LogP contribution in [0, 0.1) is 37.8 Å². The van der Waals surface area contributed by atoms with Gasteiger partial charge in [-0.15, -0.1) is 25.5 Å². The average molecular weight is 1040 g/mol. The van der Waals surface area contributed by atoms with E-state index in [-0.39, 0.29) is 12.5 Å². The molecule has 5 aromatic heterocycles. The van der Waals surface area contributed by atoms with Gasteiger partial charge in [0.2, 0.25) is 6.79 Å². The minimum absolute atomic E-state index is 0.0699. The second kappa shape index (κ2) is 24.2. The lowest BCUT2D eigenvalue weighted by Gasteiger charge is -2.11.